The van der Waals surface area contributed by atoms with Crippen LogP contribution in [-0.2, 0) is 17.6 Å². The Kier molecular flexibility index (Phi) is 7.00. The van der Waals surface area contributed by atoms with Gasteiger partial charge >= 0.3 is 5.97 Å². The topological polar surface area (TPSA) is 75.6 Å². The largest absolute Gasteiger partial charge is 0.492 e. The van der Waals surface area contributed by atoms with Gasteiger partial charge in [0.1, 0.15) is 11.8 Å². The highest BCUT2D eigenvalue weighted by molar-refractivity contribution is 6.04. The molecule has 166 valence electrons. The van der Waals surface area contributed by atoms with Crippen LogP contribution in [0.3, 0.4) is 0 Å². The molecule has 0 radical (unpaired) electrons. The lowest BCUT2D eigenvalue weighted by molar-refractivity contribution is -0.139. The number of carboxylic acids is 1. The molecule has 1 amide bonds. The van der Waals surface area contributed by atoms with Gasteiger partial charge in [-0.05, 0) is 22.6 Å². The van der Waals surface area contributed by atoms with E-state index in [-0.39, 0.29) is 6.42 Å². The number of benzene rings is 4. The Morgan fingerprint density at radius 3 is 2.12 bits per heavy atom. The van der Waals surface area contributed by atoms with Gasteiger partial charge in [-0.15, -0.1) is 0 Å². The number of aliphatic carboxylic acids is 1. The van der Waals surface area contributed by atoms with Crippen molar-refractivity contribution in [2.24, 2.45) is 0 Å². The fourth-order valence-corrected chi connectivity index (χ4v) is 3.78. The fourth-order valence-electron chi connectivity index (χ4n) is 3.78. The highest BCUT2D eigenvalue weighted by Gasteiger charge is 2.24. The summed E-state index contributed by atoms with van der Waals surface area (Å²) in [6, 6.07) is 29.4. The first-order valence-corrected chi connectivity index (χ1v) is 10.9. The molecule has 0 aliphatic rings. The second-order valence-corrected chi connectivity index (χ2v) is 7.80. The first kappa shape index (κ1) is 22.1. The second kappa shape index (κ2) is 10.5. The van der Waals surface area contributed by atoms with Crippen molar-refractivity contribution in [3.05, 3.63) is 114 Å². The van der Waals surface area contributed by atoms with E-state index in [1.807, 2.05) is 91.0 Å². The van der Waals surface area contributed by atoms with Crippen LogP contribution in [0, 0.1) is 0 Å². The minimum absolute atomic E-state index is 0.194. The molecule has 4 aromatic rings. The van der Waals surface area contributed by atoms with Crippen LogP contribution in [0.4, 0.5) is 0 Å². The average molecular weight is 440 g/mol. The molecule has 0 heterocycles. The molecule has 0 aromatic heterocycles. The van der Waals surface area contributed by atoms with Crippen LogP contribution in [-0.4, -0.2) is 29.6 Å². The normalized spacial score (nSPS) is 11.6. The third kappa shape index (κ3) is 5.57. The molecule has 0 saturated carbocycles. The Balaban J connectivity index is 1.58. The lowest BCUT2D eigenvalue weighted by Crippen LogP contribution is -2.42. The van der Waals surface area contributed by atoms with Crippen LogP contribution < -0.4 is 10.1 Å². The van der Waals surface area contributed by atoms with E-state index in [1.54, 1.807) is 6.07 Å². The molecule has 0 aliphatic heterocycles. The molecule has 1 unspecified atom stereocenters. The van der Waals surface area contributed by atoms with Crippen molar-refractivity contribution in [3.8, 4) is 5.75 Å². The molecule has 5 nitrogen and oxygen atoms in total. The predicted molar refractivity (Wildman–Crippen MR) is 129 cm³/mol. The summed E-state index contributed by atoms with van der Waals surface area (Å²) in [5.74, 6) is -1.09. The zero-order chi connectivity index (χ0) is 23.0. The summed E-state index contributed by atoms with van der Waals surface area (Å²) >= 11 is 0. The monoisotopic (exact) mass is 439 g/mol. The first-order chi connectivity index (χ1) is 16.1. The van der Waals surface area contributed by atoms with Crippen LogP contribution in [0.2, 0.25) is 0 Å². The SMILES string of the molecule is O=C(NC(Cc1ccccc1)C(=O)O)c1ccc2ccccc2c1OCCc1ccccc1. The summed E-state index contributed by atoms with van der Waals surface area (Å²) in [6.45, 7) is 0.394. The van der Waals surface area contributed by atoms with Crippen LogP contribution in [0.1, 0.15) is 21.5 Å². The molecule has 0 bridgehead atoms. The molecule has 0 fully saturated rings. The summed E-state index contributed by atoms with van der Waals surface area (Å²) in [5.41, 5.74) is 2.29. The number of hydrogen-bond acceptors (Lipinski definition) is 3. The van der Waals surface area contributed by atoms with Gasteiger partial charge < -0.3 is 15.2 Å². The maximum atomic E-state index is 13.2. The van der Waals surface area contributed by atoms with Crippen LogP contribution >= 0.6 is 0 Å². The zero-order valence-corrected chi connectivity index (χ0v) is 18.1. The summed E-state index contributed by atoms with van der Waals surface area (Å²) < 4.78 is 6.13. The summed E-state index contributed by atoms with van der Waals surface area (Å²) in [4.78, 5) is 25.0. The van der Waals surface area contributed by atoms with Gasteiger partial charge in [-0.3, -0.25) is 4.79 Å². The molecule has 0 saturated heterocycles. The summed E-state index contributed by atoms with van der Waals surface area (Å²) in [6.07, 6.45) is 0.885. The number of fused-ring (bicyclic) bond motifs is 1. The Labute approximate surface area is 192 Å². The Morgan fingerprint density at radius 1 is 0.788 bits per heavy atom. The van der Waals surface area contributed by atoms with Gasteiger partial charge in [0.15, 0.2) is 0 Å². The van der Waals surface area contributed by atoms with Gasteiger partial charge in [0.05, 0.1) is 12.2 Å². The Hall–Kier alpha value is -4.12. The molecule has 4 rings (SSSR count). The van der Waals surface area contributed by atoms with Crippen molar-refractivity contribution in [3.63, 3.8) is 0 Å². The van der Waals surface area contributed by atoms with E-state index in [2.05, 4.69) is 5.32 Å². The number of carbonyl (C=O) groups excluding carboxylic acids is 1. The van der Waals surface area contributed by atoms with E-state index < -0.39 is 17.9 Å². The van der Waals surface area contributed by atoms with Crippen molar-refractivity contribution in [1.29, 1.82) is 0 Å². The highest BCUT2D eigenvalue weighted by Crippen LogP contribution is 2.30. The van der Waals surface area contributed by atoms with Gasteiger partial charge in [-0.25, -0.2) is 4.79 Å². The van der Waals surface area contributed by atoms with Crippen LogP contribution in [0.5, 0.6) is 5.75 Å². The second-order valence-electron chi connectivity index (χ2n) is 7.80. The molecule has 1 atom stereocenters. The predicted octanol–water partition coefficient (Wildman–Crippen LogP) is 4.89. The van der Waals surface area contributed by atoms with Crippen molar-refractivity contribution in [1.82, 2.24) is 5.32 Å². The minimum atomic E-state index is -1.08. The van der Waals surface area contributed by atoms with Gasteiger partial charge in [-0.1, -0.05) is 91.0 Å². The number of rotatable bonds is 9. The molecule has 0 aliphatic carbocycles. The zero-order valence-electron chi connectivity index (χ0n) is 18.1. The van der Waals surface area contributed by atoms with E-state index >= 15 is 0 Å². The maximum absolute atomic E-state index is 13.2. The lowest BCUT2D eigenvalue weighted by Gasteiger charge is -2.18. The molecule has 4 aromatic carbocycles. The number of carboxylic acid groups (broad SMARTS) is 1. The van der Waals surface area contributed by atoms with Gasteiger partial charge in [0.25, 0.3) is 5.91 Å². The number of ether oxygens (including phenoxy) is 1. The summed E-state index contributed by atoms with van der Waals surface area (Å²) in [5, 5.41) is 14.1. The standard InChI is InChI=1S/C28H25NO4/c30-27(29-25(28(31)32)19-21-11-5-2-6-12-21)24-16-15-22-13-7-8-14-23(22)26(24)33-18-17-20-9-3-1-4-10-20/h1-16,25H,17-19H2,(H,29,30)(H,31,32). The van der Waals surface area contributed by atoms with E-state index in [1.165, 1.54) is 0 Å². The van der Waals surface area contributed by atoms with E-state index in [0.29, 0.717) is 24.3 Å². The maximum Gasteiger partial charge on any atom is 0.326 e. The van der Waals surface area contributed by atoms with Crippen molar-refractivity contribution in [2.75, 3.05) is 6.61 Å². The molecule has 2 N–H and O–H groups in total. The van der Waals surface area contributed by atoms with Crippen molar-refractivity contribution in [2.45, 2.75) is 18.9 Å². The van der Waals surface area contributed by atoms with E-state index in [4.69, 9.17) is 4.74 Å². The quantitative estimate of drug-likeness (QED) is 0.389. The van der Waals surface area contributed by atoms with Crippen molar-refractivity contribution >= 4 is 22.6 Å². The third-order valence-electron chi connectivity index (χ3n) is 5.49. The molecule has 33 heavy (non-hydrogen) atoms. The molecular formula is C28H25NO4. The minimum Gasteiger partial charge on any atom is -0.492 e. The Morgan fingerprint density at radius 2 is 1.42 bits per heavy atom. The van der Waals surface area contributed by atoms with Crippen molar-refractivity contribution < 1.29 is 19.4 Å². The number of carbonyl (C=O) groups is 2. The average Bonchev–Trinajstić information content (AvgIpc) is 2.85. The van der Waals surface area contributed by atoms with Crippen LogP contribution in [0.25, 0.3) is 10.8 Å². The Bertz CT molecular complexity index is 1240. The smallest absolute Gasteiger partial charge is 0.326 e. The lowest BCUT2D eigenvalue weighted by atomic mass is 10.0. The molecular weight excluding hydrogens is 414 g/mol. The van der Waals surface area contributed by atoms with E-state index in [0.717, 1.165) is 21.9 Å². The fraction of sp³-hybridized carbons (Fsp3) is 0.143. The van der Waals surface area contributed by atoms with Gasteiger partial charge in [0.2, 0.25) is 0 Å². The molecule has 5 heteroatoms. The number of hydrogen-bond donors (Lipinski definition) is 2. The van der Waals surface area contributed by atoms with Gasteiger partial charge in [-0.2, -0.15) is 0 Å². The molecule has 0 spiro atoms. The highest BCUT2D eigenvalue weighted by atomic mass is 16.5. The van der Waals surface area contributed by atoms with Crippen LogP contribution in [0.15, 0.2) is 97.1 Å². The summed E-state index contributed by atoms with van der Waals surface area (Å²) in [7, 11) is 0. The number of amides is 1. The van der Waals surface area contributed by atoms with E-state index in [9.17, 15) is 14.7 Å². The number of nitrogens with one attached hydrogen (secondary N) is 1. The third-order valence-corrected chi connectivity index (χ3v) is 5.49. The first-order valence-electron chi connectivity index (χ1n) is 10.9. The van der Waals surface area contributed by atoms with Gasteiger partial charge in [0, 0.05) is 18.2 Å².